The van der Waals surface area contributed by atoms with Crippen LogP contribution in [0.25, 0.3) is 0 Å². The van der Waals surface area contributed by atoms with Crippen LogP contribution in [-0.2, 0) is 16.0 Å². The number of carbonyl (C=O) groups excluding carboxylic acids is 1. The molecule has 1 fully saturated rings. The maximum atomic E-state index is 12.3. The number of methoxy groups -OCH3 is 1. The first-order chi connectivity index (χ1) is 10.2. The minimum atomic E-state index is -0.138. The first-order valence-corrected chi connectivity index (χ1v) is 7.80. The van der Waals surface area contributed by atoms with Gasteiger partial charge in [-0.3, -0.25) is 4.79 Å². The maximum absolute atomic E-state index is 12.3. The highest BCUT2D eigenvalue weighted by atomic mass is 16.5. The van der Waals surface area contributed by atoms with Crippen LogP contribution in [0.4, 0.5) is 0 Å². The van der Waals surface area contributed by atoms with Crippen molar-refractivity contribution in [1.29, 1.82) is 0 Å². The molecule has 1 heterocycles. The van der Waals surface area contributed by atoms with Crippen LogP contribution >= 0.6 is 0 Å². The van der Waals surface area contributed by atoms with Gasteiger partial charge < -0.3 is 15.4 Å². The van der Waals surface area contributed by atoms with E-state index in [1.54, 1.807) is 7.11 Å². The highest BCUT2D eigenvalue weighted by Crippen LogP contribution is 2.18. The van der Waals surface area contributed by atoms with Crippen LogP contribution in [0.1, 0.15) is 25.3 Å². The molecule has 4 heteroatoms. The summed E-state index contributed by atoms with van der Waals surface area (Å²) in [6, 6.07) is 10.5. The highest BCUT2D eigenvalue weighted by molar-refractivity contribution is 5.79. The molecule has 116 valence electrons. The highest BCUT2D eigenvalue weighted by Gasteiger charge is 2.32. The molecule has 1 aromatic carbocycles. The van der Waals surface area contributed by atoms with Crippen LogP contribution in [0.3, 0.4) is 0 Å². The molecule has 1 aromatic rings. The third-order valence-electron chi connectivity index (χ3n) is 4.23. The number of benzene rings is 1. The van der Waals surface area contributed by atoms with Crippen LogP contribution in [0, 0.1) is 5.92 Å². The van der Waals surface area contributed by atoms with Crippen LogP contribution < -0.4 is 10.6 Å². The number of amides is 1. The van der Waals surface area contributed by atoms with E-state index < -0.39 is 0 Å². The van der Waals surface area contributed by atoms with Gasteiger partial charge in [-0.1, -0.05) is 37.3 Å². The molecule has 0 aliphatic carbocycles. The molecular weight excluding hydrogens is 264 g/mol. The van der Waals surface area contributed by atoms with Gasteiger partial charge in [0.15, 0.2) is 0 Å². The Labute approximate surface area is 127 Å². The normalized spacial score (nSPS) is 21.0. The summed E-state index contributed by atoms with van der Waals surface area (Å²) in [6.45, 7) is 3.64. The third kappa shape index (κ3) is 4.55. The van der Waals surface area contributed by atoms with E-state index in [1.807, 2.05) is 25.1 Å². The van der Waals surface area contributed by atoms with Gasteiger partial charge in [-0.15, -0.1) is 0 Å². The largest absolute Gasteiger partial charge is 0.379 e. The summed E-state index contributed by atoms with van der Waals surface area (Å²) in [5.41, 5.74) is 1.24. The van der Waals surface area contributed by atoms with Gasteiger partial charge in [-0.25, -0.2) is 0 Å². The van der Waals surface area contributed by atoms with E-state index >= 15 is 0 Å². The monoisotopic (exact) mass is 290 g/mol. The zero-order chi connectivity index (χ0) is 15.1. The molecule has 0 spiro atoms. The average molecular weight is 290 g/mol. The van der Waals surface area contributed by atoms with Crippen molar-refractivity contribution in [1.82, 2.24) is 10.6 Å². The van der Waals surface area contributed by atoms with Gasteiger partial charge in [0, 0.05) is 19.7 Å². The van der Waals surface area contributed by atoms with Gasteiger partial charge in [0.05, 0.1) is 12.0 Å². The molecule has 2 N–H and O–H groups in total. The fourth-order valence-corrected chi connectivity index (χ4v) is 2.99. The molecule has 2 rings (SSSR count). The number of rotatable bonds is 7. The Balaban J connectivity index is 1.78. The predicted molar refractivity (Wildman–Crippen MR) is 84.1 cm³/mol. The second kappa shape index (κ2) is 8.15. The summed E-state index contributed by atoms with van der Waals surface area (Å²) >= 11 is 0. The maximum Gasteiger partial charge on any atom is 0.225 e. The Morgan fingerprint density at radius 3 is 2.81 bits per heavy atom. The summed E-state index contributed by atoms with van der Waals surface area (Å²) in [5, 5.41) is 6.44. The minimum absolute atomic E-state index is 0.0516. The van der Waals surface area contributed by atoms with Crippen molar-refractivity contribution >= 4 is 5.91 Å². The Hall–Kier alpha value is -1.39. The number of nitrogens with one attached hydrogen (secondary N) is 2. The summed E-state index contributed by atoms with van der Waals surface area (Å²) < 4.78 is 5.56. The van der Waals surface area contributed by atoms with E-state index in [4.69, 9.17) is 4.74 Å². The molecule has 3 atom stereocenters. The Morgan fingerprint density at radius 2 is 2.19 bits per heavy atom. The van der Waals surface area contributed by atoms with Gasteiger partial charge in [0.25, 0.3) is 0 Å². The zero-order valence-electron chi connectivity index (χ0n) is 13.0. The number of ether oxygens (including phenoxy) is 1. The van der Waals surface area contributed by atoms with Crippen LogP contribution in [0.5, 0.6) is 0 Å². The summed E-state index contributed by atoms with van der Waals surface area (Å²) in [4.78, 5) is 12.3. The molecular formula is C17H26N2O2. The fraction of sp³-hybridized carbons (Fsp3) is 0.588. The zero-order valence-corrected chi connectivity index (χ0v) is 13.0. The Kier molecular flexibility index (Phi) is 6.21. The number of hydrogen-bond acceptors (Lipinski definition) is 3. The average Bonchev–Trinajstić information content (AvgIpc) is 3.03. The molecule has 0 bridgehead atoms. The third-order valence-corrected chi connectivity index (χ3v) is 4.23. The molecule has 3 unspecified atom stereocenters. The van der Waals surface area contributed by atoms with Gasteiger partial charge in [-0.05, 0) is 31.4 Å². The van der Waals surface area contributed by atoms with E-state index in [1.165, 1.54) is 5.56 Å². The van der Waals surface area contributed by atoms with Crippen LogP contribution in [0.15, 0.2) is 30.3 Å². The molecule has 1 amide bonds. The molecule has 1 aliphatic rings. The summed E-state index contributed by atoms with van der Waals surface area (Å²) in [6.07, 6.45) is 3.05. The van der Waals surface area contributed by atoms with Gasteiger partial charge in [0.2, 0.25) is 5.91 Å². The SMILES string of the molecule is COC(C1CCCN1)C(C)C(=O)NCCc1ccccc1. The van der Waals surface area contributed by atoms with Crippen LogP contribution in [0.2, 0.25) is 0 Å². The molecule has 1 saturated heterocycles. The first-order valence-electron chi connectivity index (χ1n) is 7.80. The van der Waals surface area contributed by atoms with E-state index in [9.17, 15) is 4.79 Å². The predicted octanol–water partition coefficient (Wildman–Crippen LogP) is 1.75. The molecule has 1 aliphatic heterocycles. The first kappa shape index (κ1) is 16.0. The summed E-state index contributed by atoms with van der Waals surface area (Å²) in [7, 11) is 1.69. The lowest BCUT2D eigenvalue weighted by molar-refractivity contribution is -0.129. The lowest BCUT2D eigenvalue weighted by Gasteiger charge is -2.27. The van der Waals surface area contributed by atoms with E-state index in [2.05, 4.69) is 22.8 Å². The van der Waals surface area contributed by atoms with Crippen molar-refractivity contribution in [2.45, 2.75) is 38.3 Å². The lowest BCUT2D eigenvalue weighted by atomic mass is 9.95. The van der Waals surface area contributed by atoms with E-state index in [0.29, 0.717) is 12.6 Å². The lowest BCUT2D eigenvalue weighted by Crippen LogP contribution is -2.46. The quantitative estimate of drug-likeness (QED) is 0.804. The minimum Gasteiger partial charge on any atom is -0.379 e. The molecule has 0 aromatic heterocycles. The molecule has 0 radical (unpaired) electrons. The van der Waals surface area contributed by atoms with E-state index in [-0.39, 0.29) is 17.9 Å². The van der Waals surface area contributed by atoms with Crippen molar-refractivity contribution < 1.29 is 9.53 Å². The van der Waals surface area contributed by atoms with Crippen molar-refractivity contribution in [3.8, 4) is 0 Å². The van der Waals surface area contributed by atoms with Gasteiger partial charge in [-0.2, -0.15) is 0 Å². The molecule has 0 saturated carbocycles. The number of hydrogen-bond donors (Lipinski definition) is 2. The summed E-state index contributed by atoms with van der Waals surface area (Å²) in [5.74, 6) is -0.0622. The molecule has 4 nitrogen and oxygen atoms in total. The second-order valence-corrected chi connectivity index (χ2v) is 5.72. The topological polar surface area (TPSA) is 50.4 Å². The van der Waals surface area contributed by atoms with Crippen molar-refractivity contribution in [3.05, 3.63) is 35.9 Å². The fourth-order valence-electron chi connectivity index (χ4n) is 2.99. The standard InChI is InChI=1S/C17H26N2O2/c1-13(16(21-2)15-9-6-11-18-15)17(20)19-12-10-14-7-4-3-5-8-14/h3-5,7-8,13,15-16,18H,6,9-12H2,1-2H3,(H,19,20). The van der Waals surface area contributed by atoms with Crippen molar-refractivity contribution in [2.75, 3.05) is 20.2 Å². The Morgan fingerprint density at radius 1 is 1.43 bits per heavy atom. The van der Waals surface area contributed by atoms with Gasteiger partial charge in [0.1, 0.15) is 0 Å². The second-order valence-electron chi connectivity index (χ2n) is 5.72. The van der Waals surface area contributed by atoms with Gasteiger partial charge >= 0.3 is 0 Å². The van der Waals surface area contributed by atoms with Crippen molar-refractivity contribution in [3.63, 3.8) is 0 Å². The Bertz CT molecular complexity index is 430. The smallest absolute Gasteiger partial charge is 0.225 e. The van der Waals surface area contributed by atoms with Crippen LogP contribution in [-0.4, -0.2) is 38.3 Å². The number of carbonyl (C=O) groups is 1. The van der Waals surface area contributed by atoms with E-state index in [0.717, 1.165) is 25.8 Å². The molecule has 21 heavy (non-hydrogen) atoms. The van der Waals surface area contributed by atoms with Crippen molar-refractivity contribution in [2.24, 2.45) is 5.92 Å².